The lowest BCUT2D eigenvalue weighted by Crippen LogP contribution is -2.53. The first-order valence-electron chi connectivity index (χ1n) is 13.5. The van der Waals surface area contributed by atoms with Gasteiger partial charge in [0.2, 0.25) is 17.7 Å². The molecule has 0 aliphatic carbocycles. The number of nitrogens with zero attached hydrogens (tertiary/aromatic N) is 1. The number of amides is 4. The van der Waals surface area contributed by atoms with E-state index in [0.29, 0.717) is 18.5 Å². The summed E-state index contributed by atoms with van der Waals surface area (Å²) in [5.74, 6) is -1.46. The number of nitrogens with two attached hydrogens (primary N) is 1. The predicted molar refractivity (Wildman–Crippen MR) is 146 cm³/mol. The Balaban J connectivity index is 3.42. The molecule has 0 saturated carbocycles. The van der Waals surface area contributed by atoms with E-state index in [4.69, 9.17) is 10.5 Å². The maximum Gasteiger partial charge on any atom is 0.408 e. The molecule has 1 aromatic rings. The fraction of sp³-hybridized carbons (Fsp3) is 0.643. The third-order valence-electron chi connectivity index (χ3n) is 5.80. The summed E-state index contributed by atoms with van der Waals surface area (Å²) in [6.07, 6.45) is 4.13. The summed E-state index contributed by atoms with van der Waals surface area (Å²) in [7, 11) is 0. The molecule has 5 N–H and O–H groups in total. The minimum absolute atomic E-state index is 0.0330. The van der Waals surface area contributed by atoms with Crippen LogP contribution in [0, 0.1) is 0 Å². The first kappa shape index (κ1) is 32.7. The second-order valence-corrected chi connectivity index (χ2v) is 10.4. The standard InChI is InChI=1S/C28H46N4O6/c1-6-8-10-18-30-25(35)24(20-12-14-21(33)15-13-20)32(19-11-9-7-2)26(36)22(16-17-23(29)34)31-27(37)38-28(3,4)5/h12-15,22,24,33H,6-11,16-19H2,1-5H3,(H2,29,34)(H,30,35)(H,31,37). The van der Waals surface area contributed by atoms with Gasteiger partial charge >= 0.3 is 6.09 Å². The number of rotatable bonds is 16. The second kappa shape index (κ2) is 16.5. The SMILES string of the molecule is CCCCCNC(=O)C(c1ccc(O)cc1)N(CCCCC)C(=O)C(CCC(N)=O)NC(=O)OC(C)(C)C. The number of ether oxygens (including phenoxy) is 1. The number of phenolic OH excluding ortho intramolecular Hbond substituents is 1. The number of nitrogens with one attached hydrogen (secondary N) is 2. The zero-order valence-electron chi connectivity index (χ0n) is 23.5. The number of primary amides is 1. The van der Waals surface area contributed by atoms with Crippen LogP contribution < -0.4 is 16.4 Å². The minimum atomic E-state index is -1.13. The lowest BCUT2D eigenvalue weighted by atomic mass is 10.0. The Morgan fingerprint density at radius 2 is 1.61 bits per heavy atom. The fourth-order valence-electron chi connectivity index (χ4n) is 3.91. The Kier molecular flexibility index (Phi) is 14.2. The van der Waals surface area contributed by atoms with Gasteiger partial charge in [0, 0.05) is 19.5 Å². The molecule has 10 nitrogen and oxygen atoms in total. The Morgan fingerprint density at radius 3 is 2.16 bits per heavy atom. The number of hydrogen-bond acceptors (Lipinski definition) is 6. The molecule has 1 aromatic carbocycles. The number of carbonyl (C=O) groups excluding carboxylic acids is 4. The number of phenols is 1. The largest absolute Gasteiger partial charge is 0.508 e. The van der Waals surface area contributed by atoms with Gasteiger partial charge in [0.25, 0.3) is 0 Å². The summed E-state index contributed by atoms with van der Waals surface area (Å²) in [5, 5.41) is 15.3. The molecule has 10 heteroatoms. The van der Waals surface area contributed by atoms with E-state index < -0.39 is 35.6 Å². The van der Waals surface area contributed by atoms with Crippen molar-refractivity contribution in [2.45, 2.75) is 104 Å². The van der Waals surface area contributed by atoms with E-state index in [1.807, 2.05) is 6.92 Å². The van der Waals surface area contributed by atoms with Gasteiger partial charge in [-0.2, -0.15) is 0 Å². The zero-order valence-corrected chi connectivity index (χ0v) is 23.5. The number of carbonyl (C=O) groups is 4. The molecule has 0 saturated heterocycles. The molecule has 0 spiro atoms. The molecule has 0 bridgehead atoms. The molecule has 2 atom stereocenters. The molecule has 0 radical (unpaired) electrons. The van der Waals surface area contributed by atoms with Crippen LogP contribution in [-0.4, -0.2) is 58.6 Å². The van der Waals surface area contributed by atoms with Crippen molar-refractivity contribution in [2.75, 3.05) is 13.1 Å². The molecule has 0 fully saturated rings. The third kappa shape index (κ3) is 12.3. The normalized spacial score (nSPS) is 12.8. The monoisotopic (exact) mass is 534 g/mol. The van der Waals surface area contributed by atoms with Crippen molar-refractivity contribution in [1.29, 1.82) is 0 Å². The lowest BCUT2D eigenvalue weighted by Gasteiger charge is -2.34. The van der Waals surface area contributed by atoms with E-state index in [1.54, 1.807) is 32.9 Å². The molecule has 1 rings (SSSR count). The summed E-state index contributed by atoms with van der Waals surface area (Å²) in [6.45, 7) is 9.92. The fourth-order valence-corrected chi connectivity index (χ4v) is 3.91. The van der Waals surface area contributed by atoms with Crippen molar-refractivity contribution >= 4 is 23.8 Å². The smallest absolute Gasteiger partial charge is 0.408 e. The topological polar surface area (TPSA) is 151 Å². The molecule has 0 heterocycles. The average molecular weight is 535 g/mol. The highest BCUT2D eigenvalue weighted by atomic mass is 16.6. The van der Waals surface area contributed by atoms with Crippen LogP contribution in [0.25, 0.3) is 0 Å². The summed E-state index contributed by atoms with van der Waals surface area (Å²) in [5.41, 5.74) is 5.07. The van der Waals surface area contributed by atoms with Crippen LogP contribution in [0.1, 0.15) is 97.6 Å². The van der Waals surface area contributed by atoms with Crippen molar-refractivity contribution in [2.24, 2.45) is 5.73 Å². The van der Waals surface area contributed by atoms with Crippen LogP contribution in [0.2, 0.25) is 0 Å². The van der Waals surface area contributed by atoms with Crippen LogP contribution in [0.3, 0.4) is 0 Å². The number of hydrogen-bond donors (Lipinski definition) is 4. The summed E-state index contributed by atoms with van der Waals surface area (Å²) in [6, 6.07) is 4.00. The minimum Gasteiger partial charge on any atom is -0.508 e. The first-order valence-corrected chi connectivity index (χ1v) is 13.5. The summed E-state index contributed by atoms with van der Waals surface area (Å²) in [4.78, 5) is 53.1. The van der Waals surface area contributed by atoms with E-state index in [0.717, 1.165) is 32.1 Å². The van der Waals surface area contributed by atoms with E-state index >= 15 is 0 Å². The summed E-state index contributed by atoms with van der Waals surface area (Å²) >= 11 is 0. The van der Waals surface area contributed by atoms with Crippen LogP contribution >= 0.6 is 0 Å². The van der Waals surface area contributed by atoms with Crippen LogP contribution in [0.5, 0.6) is 5.75 Å². The molecule has 0 aliphatic heterocycles. The van der Waals surface area contributed by atoms with Gasteiger partial charge in [-0.1, -0.05) is 51.7 Å². The van der Waals surface area contributed by atoms with E-state index in [2.05, 4.69) is 17.6 Å². The number of unbranched alkanes of at least 4 members (excludes halogenated alkanes) is 4. The van der Waals surface area contributed by atoms with Gasteiger partial charge in [-0.05, 0) is 57.7 Å². The molecule has 4 amide bonds. The number of aromatic hydroxyl groups is 1. The van der Waals surface area contributed by atoms with Gasteiger partial charge in [-0.15, -0.1) is 0 Å². The van der Waals surface area contributed by atoms with E-state index in [9.17, 15) is 24.3 Å². The Hall–Kier alpha value is -3.30. The molecule has 38 heavy (non-hydrogen) atoms. The maximum absolute atomic E-state index is 14.0. The van der Waals surface area contributed by atoms with Gasteiger partial charge in [0.15, 0.2) is 0 Å². The van der Waals surface area contributed by atoms with Crippen molar-refractivity contribution in [1.82, 2.24) is 15.5 Å². The highest BCUT2D eigenvalue weighted by Gasteiger charge is 2.36. The molecular weight excluding hydrogens is 488 g/mol. The lowest BCUT2D eigenvalue weighted by molar-refractivity contribution is -0.142. The van der Waals surface area contributed by atoms with Crippen LogP contribution in [0.15, 0.2) is 24.3 Å². The maximum atomic E-state index is 14.0. The van der Waals surface area contributed by atoms with E-state index in [-0.39, 0.29) is 31.0 Å². The van der Waals surface area contributed by atoms with Crippen molar-refractivity contribution in [3.8, 4) is 5.75 Å². The van der Waals surface area contributed by atoms with Gasteiger partial charge in [-0.25, -0.2) is 4.79 Å². The zero-order chi connectivity index (χ0) is 28.7. The third-order valence-corrected chi connectivity index (χ3v) is 5.80. The summed E-state index contributed by atoms with van der Waals surface area (Å²) < 4.78 is 5.34. The Labute approximate surface area is 226 Å². The Bertz CT molecular complexity index is 898. The van der Waals surface area contributed by atoms with Crippen molar-refractivity contribution in [3.63, 3.8) is 0 Å². The number of alkyl carbamates (subject to hydrolysis) is 1. The average Bonchev–Trinajstić information content (AvgIpc) is 2.83. The van der Waals surface area contributed by atoms with Crippen LogP contribution in [-0.2, 0) is 19.1 Å². The predicted octanol–water partition coefficient (Wildman–Crippen LogP) is 3.92. The molecule has 0 aliphatic rings. The first-order chi connectivity index (χ1) is 17.9. The molecular formula is C28H46N4O6. The highest BCUT2D eigenvalue weighted by molar-refractivity contribution is 5.92. The Morgan fingerprint density at radius 1 is 1.00 bits per heavy atom. The van der Waals surface area contributed by atoms with Gasteiger partial charge in [0.1, 0.15) is 23.4 Å². The molecule has 214 valence electrons. The molecule has 0 aromatic heterocycles. The highest BCUT2D eigenvalue weighted by Crippen LogP contribution is 2.26. The van der Waals surface area contributed by atoms with Crippen molar-refractivity contribution < 1.29 is 29.0 Å². The quantitative estimate of drug-likeness (QED) is 0.236. The van der Waals surface area contributed by atoms with E-state index in [1.165, 1.54) is 17.0 Å². The van der Waals surface area contributed by atoms with Gasteiger partial charge < -0.3 is 31.1 Å². The van der Waals surface area contributed by atoms with Crippen LogP contribution in [0.4, 0.5) is 4.79 Å². The van der Waals surface area contributed by atoms with Gasteiger partial charge in [0.05, 0.1) is 0 Å². The van der Waals surface area contributed by atoms with Gasteiger partial charge in [-0.3, -0.25) is 14.4 Å². The molecule has 2 unspecified atom stereocenters. The number of benzene rings is 1. The second-order valence-electron chi connectivity index (χ2n) is 10.4. The van der Waals surface area contributed by atoms with Crippen molar-refractivity contribution in [3.05, 3.63) is 29.8 Å².